The molecule has 2 aromatic rings. The summed E-state index contributed by atoms with van der Waals surface area (Å²) in [5.41, 5.74) is 4.00. The molecule has 0 saturated carbocycles. The van der Waals surface area contributed by atoms with Crippen molar-refractivity contribution in [3.8, 4) is 17.9 Å². The summed E-state index contributed by atoms with van der Waals surface area (Å²) < 4.78 is 5.79. The minimum absolute atomic E-state index is 0.0864. The van der Waals surface area contributed by atoms with Crippen molar-refractivity contribution in [2.75, 3.05) is 0 Å². The van der Waals surface area contributed by atoms with Gasteiger partial charge in [0.2, 0.25) is 0 Å². The Hall–Kier alpha value is -2.75. The molecule has 2 rings (SSSR count). The monoisotopic (exact) mass is 322 g/mol. The van der Waals surface area contributed by atoms with Crippen LogP contribution >= 0.6 is 11.6 Å². The number of aryl methyl sites for hydroxylation is 1. The Kier molecular flexibility index (Phi) is 5.41. The van der Waals surface area contributed by atoms with Crippen molar-refractivity contribution in [1.82, 2.24) is 0 Å². The number of hydrogen-bond donors (Lipinski definition) is 0. The fraction of sp³-hybridized carbons (Fsp3) is 0.158. The van der Waals surface area contributed by atoms with Crippen molar-refractivity contribution in [3.63, 3.8) is 0 Å². The van der Waals surface area contributed by atoms with Crippen LogP contribution in [0.2, 0.25) is 5.02 Å². The Balaban J connectivity index is 2.28. The molecule has 0 atom stereocenters. The lowest BCUT2D eigenvalue weighted by Gasteiger charge is -2.12. The largest absolute Gasteiger partial charge is 0.489 e. The SMILES string of the molecule is Cc1cc(C=C(C#N)C#N)c(C)c(COc2ccc(Cl)cc2)c1. The molecule has 114 valence electrons. The highest BCUT2D eigenvalue weighted by molar-refractivity contribution is 6.30. The van der Waals surface area contributed by atoms with Gasteiger partial charge in [-0.25, -0.2) is 0 Å². The quantitative estimate of drug-likeness (QED) is 0.747. The van der Waals surface area contributed by atoms with Gasteiger partial charge in [0.05, 0.1) is 0 Å². The number of nitriles is 2. The van der Waals surface area contributed by atoms with Crippen LogP contribution in [-0.2, 0) is 6.61 Å². The highest BCUT2D eigenvalue weighted by Gasteiger charge is 2.07. The van der Waals surface area contributed by atoms with E-state index < -0.39 is 0 Å². The molecule has 0 heterocycles. The zero-order valence-corrected chi connectivity index (χ0v) is 13.7. The molecule has 4 heteroatoms. The number of hydrogen-bond acceptors (Lipinski definition) is 3. The first-order valence-corrected chi connectivity index (χ1v) is 7.41. The Bertz CT molecular complexity index is 808. The fourth-order valence-corrected chi connectivity index (χ4v) is 2.33. The summed E-state index contributed by atoms with van der Waals surface area (Å²) in [6.07, 6.45) is 1.61. The lowest BCUT2D eigenvalue weighted by Crippen LogP contribution is -2.00. The highest BCUT2D eigenvalue weighted by Crippen LogP contribution is 2.22. The standard InChI is InChI=1S/C19H15ClN2O/c1-13-7-16(9-15(10-21)11-22)14(2)17(8-13)12-23-19-5-3-18(20)4-6-19/h3-9H,12H2,1-2H3. The van der Waals surface area contributed by atoms with E-state index in [9.17, 15) is 0 Å². The summed E-state index contributed by atoms with van der Waals surface area (Å²) in [6.45, 7) is 4.34. The van der Waals surface area contributed by atoms with Crippen LogP contribution in [0.4, 0.5) is 0 Å². The second kappa shape index (κ2) is 7.49. The lowest BCUT2D eigenvalue weighted by atomic mass is 9.98. The van der Waals surface area contributed by atoms with Gasteiger partial charge in [-0.05, 0) is 60.9 Å². The van der Waals surface area contributed by atoms with Crippen LogP contribution in [-0.4, -0.2) is 0 Å². The zero-order valence-electron chi connectivity index (χ0n) is 12.9. The zero-order chi connectivity index (χ0) is 16.8. The topological polar surface area (TPSA) is 56.8 Å². The van der Waals surface area contributed by atoms with Crippen LogP contribution in [0.15, 0.2) is 42.0 Å². The predicted octanol–water partition coefficient (Wildman–Crippen LogP) is 4.97. The van der Waals surface area contributed by atoms with E-state index in [1.165, 1.54) is 0 Å². The maximum absolute atomic E-state index is 8.92. The van der Waals surface area contributed by atoms with E-state index >= 15 is 0 Å². The van der Waals surface area contributed by atoms with Crippen molar-refractivity contribution < 1.29 is 4.74 Å². The molecule has 2 aromatic carbocycles. The maximum atomic E-state index is 8.92. The third-order valence-corrected chi connectivity index (χ3v) is 3.70. The average molecular weight is 323 g/mol. The van der Waals surface area contributed by atoms with E-state index in [1.807, 2.05) is 50.3 Å². The van der Waals surface area contributed by atoms with Gasteiger partial charge in [0.25, 0.3) is 0 Å². The molecular weight excluding hydrogens is 308 g/mol. The molecule has 0 radical (unpaired) electrons. The first kappa shape index (κ1) is 16.6. The van der Waals surface area contributed by atoms with Gasteiger partial charge in [0, 0.05) is 5.02 Å². The van der Waals surface area contributed by atoms with Gasteiger partial charge >= 0.3 is 0 Å². The molecule has 0 fully saturated rings. The Labute approximate surface area is 141 Å². The van der Waals surface area contributed by atoms with Crippen LogP contribution in [0.1, 0.15) is 22.3 Å². The van der Waals surface area contributed by atoms with E-state index in [1.54, 1.807) is 18.2 Å². The van der Waals surface area contributed by atoms with Gasteiger partial charge in [-0.3, -0.25) is 0 Å². The van der Waals surface area contributed by atoms with Gasteiger partial charge in [-0.1, -0.05) is 29.3 Å². The van der Waals surface area contributed by atoms with Gasteiger partial charge in [-0.2, -0.15) is 10.5 Å². The molecule has 0 aromatic heterocycles. The van der Waals surface area contributed by atoms with Crippen molar-refractivity contribution in [2.45, 2.75) is 20.5 Å². The Morgan fingerprint density at radius 2 is 1.78 bits per heavy atom. The van der Waals surface area contributed by atoms with Crippen LogP contribution < -0.4 is 4.74 Å². The summed E-state index contributed by atoms with van der Waals surface area (Å²) in [6, 6.07) is 15.0. The van der Waals surface area contributed by atoms with Gasteiger partial charge in [0.1, 0.15) is 30.1 Å². The molecule has 0 unspecified atom stereocenters. The van der Waals surface area contributed by atoms with Crippen molar-refractivity contribution in [2.24, 2.45) is 0 Å². The molecule has 0 saturated heterocycles. The molecule has 0 aliphatic heterocycles. The number of nitrogens with zero attached hydrogens (tertiary/aromatic N) is 2. The summed E-state index contributed by atoms with van der Waals surface area (Å²) >= 11 is 5.86. The van der Waals surface area contributed by atoms with E-state index in [2.05, 4.69) is 0 Å². The molecule has 3 nitrogen and oxygen atoms in total. The van der Waals surface area contributed by atoms with Gasteiger partial charge in [0.15, 0.2) is 0 Å². The molecule has 0 spiro atoms. The smallest absolute Gasteiger partial charge is 0.130 e. The van der Waals surface area contributed by atoms with Gasteiger partial charge < -0.3 is 4.74 Å². The maximum Gasteiger partial charge on any atom is 0.130 e. The summed E-state index contributed by atoms with van der Waals surface area (Å²) in [5.74, 6) is 0.738. The van der Waals surface area contributed by atoms with Crippen molar-refractivity contribution in [1.29, 1.82) is 10.5 Å². The predicted molar refractivity (Wildman–Crippen MR) is 90.9 cm³/mol. The Morgan fingerprint density at radius 3 is 2.39 bits per heavy atom. The first-order valence-electron chi connectivity index (χ1n) is 7.04. The average Bonchev–Trinajstić information content (AvgIpc) is 2.55. The lowest BCUT2D eigenvalue weighted by molar-refractivity contribution is 0.305. The molecule has 0 N–H and O–H groups in total. The first-order chi connectivity index (χ1) is 11.0. The number of rotatable bonds is 4. The van der Waals surface area contributed by atoms with Crippen LogP contribution in [0.3, 0.4) is 0 Å². The number of ether oxygens (including phenoxy) is 1. The second-order valence-electron chi connectivity index (χ2n) is 5.16. The number of halogens is 1. The van der Waals surface area contributed by atoms with E-state index in [0.717, 1.165) is 28.0 Å². The number of allylic oxidation sites excluding steroid dienone is 1. The summed E-state index contributed by atoms with van der Waals surface area (Å²) in [4.78, 5) is 0. The van der Waals surface area contributed by atoms with Crippen LogP contribution in [0, 0.1) is 36.5 Å². The van der Waals surface area contributed by atoms with Gasteiger partial charge in [-0.15, -0.1) is 0 Å². The minimum Gasteiger partial charge on any atom is -0.489 e. The van der Waals surface area contributed by atoms with Crippen LogP contribution in [0.5, 0.6) is 5.75 Å². The second-order valence-corrected chi connectivity index (χ2v) is 5.60. The molecule has 0 amide bonds. The highest BCUT2D eigenvalue weighted by atomic mass is 35.5. The van der Waals surface area contributed by atoms with Crippen LogP contribution in [0.25, 0.3) is 6.08 Å². The molecule has 0 aliphatic carbocycles. The molecule has 0 aliphatic rings. The molecule has 23 heavy (non-hydrogen) atoms. The summed E-state index contributed by atoms with van der Waals surface area (Å²) in [7, 11) is 0. The molecular formula is C19H15ClN2O. The Morgan fingerprint density at radius 1 is 1.13 bits per heavy atom. The van der Waals surface area contributed by atoms with E-state index in [-0.39, 0.29) is 5.57 Å². The molecule has 0 bridgehead atoms. The third-order valence-electron chi connectivity index (χ3n) is 3.45. The van der Waals surface area contributed by atoms with Crippen molar-refractivity contribution >= 4 is 17.7 Å². The fourth-order valence-electron chi connectivity index (χ4n) is 2.20. The van der Waals surface area contributed by atoms with E-state index in [4.69, 9.17) is 26.9 Å². The number of benzene rings is 2. The minimum atomic E-state index is 0.0864. The van der Waals surface area contributed by atoms with E-state index in [0.29, 0.717) is 11.6 Å². The summed E-state index contributed by atoms with van der Waals surface area (Å²) in [5, 5.41) is 18.5. The normalized spacial score (nSPS) is 9.61. The third kappa shape index (κ3) is 4.36. The van der Waals surface area contributed by atoms with Crippen molar-refractivity contribution in [3.05, 3.63) is 69.2 Å².